The Morgan fingerprint density at radius 2 is 2.00 bits per heavy atom. The molecule has 1 unspecified atom stereocenters. The van der Waals surface area contributed by atoms with Crippen molar-refractivity contribution in [3.63, 3.8) is 0 Å². The van der Waals surface area contributed by atoms with Crippen LogP contribution in [0.2, 0.25) is 0 Å². The van der Waals surface area contributed by atoms with Crippen molar-refractivity contribution in [1.82, 2.24) is 15.3 Å². The van der Waals surface area contributed by atoms with E-state index in [1.807, 2.05) is 0 Å². The monoisotopic (exact) mass is 310 g/mol. The molecule has 23 heavy (non-hydrogen) atoms. The molecule has 1 aliphatic heterocycles. The first kappa shape index (κ1) is 15.5. The summed E-state index contributed by atoms with van der Waals surface area (Å²) in [5.74, 6) is 0.827. The fourth-order valence-electron chi connectivity index (χ4n) is 2.87. The normalized spacial score (nSPS) is 17.8. The SMILES string of the molecule is Cc1ccc(CNC(=O)C2CCCN(c3ncccn3)C2)cc1. The highest BCUT2D eigenvalue weighted by atomic mass is 16.1. The Labute approximate surface area is 136 Å². The first-order chi connectivity index (χ1) is 11.2. The van der Waals surface area contributed by atoms with Crippen LogP contribution in [-0.2, 0) is 11.3 Å². The average Bonchev–Trinajstić information content (AvgIpc) is 2.62. The first-order valence-corrected chi connectivity index (χ1v) is 8.07. The summed E-state index contributed by atoms with van der Waals surface area (Å²) in [5.41, 5.74) is 2.36. The zero-order valence-corrected chi connectivity index (χ0v) is 13.4. The molecule has 1 amide bonds. The summed E-state index contributed by atoms with van der Waals surface area (Å²) in [7, 11) is 0. The molecular weight excluding hydrogens is 288 g/mol. The number of carbonyl (C=O) groups is 1. The Bertz CT molecular complexity index is 642. The zero-order chi connectivity index (χ0) is 16.1. The average molecular weight is 310 g/mol. The molecule has 1 N–H and O–H groups in total. The fraction of sp³-hybridized carbons (Fsp3) is 0.389. The quantitative estimate of drug-likeness (QED) is 0.941. The number of aromatic nitrogens is 2. The minimum atomic E-state index is -0.00185. The lowest BCUT2D eigenvalue weighted by Gasteiger charge is -2.31. The van der Waals surface area contributed by atoms with Crippen molar-refractivity contribution in [2.24, 2.45) is 5.92 Å². The van der Waals surface area contributed by atoms with Crippen LogP contribution in [0.1, 0.15) is 24.0 Å². The topological polar surface area (TPSA) is 58.1 Å². The smallest absolute Gasteiger partial charge is 0.225 e. The van der Waals surface area contributed by atoms with E-state index in [4.69, 9.17) is 0 Å². The molecule has 3 rings (SSSR count). The Morgan fingerprint density at radius 3 is 2.74 bits per heavy atom. The van der Waals surface area contributed by atoms with Gasteiger partial charge in [-0.3, -0.25) is 4.79 Å². The van der Waals surface area contributed by atoms with Gasteiger partial charge in [0, 0.05) is 32.0 Å². The summed E-state index contributed by atoms with van der Waals surface area (Å²) in [4.78, 5) is 23.1. The second-order valence-corrected chi connectivity index (χ2v) is 6.04. The van der Waals surface area contributed by atoms with Gasteiger partial charge >= 0.3 is 0 Å². The minimum Gasteiger partial charge on any atom is -0.352 e. The van der Waals surface area contributed by atoms with E-state index in [0.29, 0.717) is 19.0 Å². The molecule has 1 aliphatic rings. The number of carbonyl (C=O) groups excluding carboxylic acids is 1. The number of nitrogens with zero attached hydrogens (tertiary/aromatic N) is 3. The van der Waals surface area contributed by atoms with E-state index < -0.39 is 0 Å². The Morgan fingerprint density at radius 1 is 1.26 bits per heavy atom. The van der Waals surface area contributed by atoms with E-state index in [1.54, 1.807) is 18.5 Å². The van der Waals surface area contributed by atoms with Gasteiger partial charge in [0.1, 0.15) is 0 Å². The van der Waals surface area contributed by atoms with Crippen molar-refractivity contribution in [3.8, 4) is 0 Å². The summed E-state index contributed by atoms with van der Waals surface area (Å²) in [6.07, 6.45) is 5.39. The van der Waals surface area contributed by atoms with Crippen LogP contribution in [0.3, 0.4) is 0 Å². The highest BCUT2D eigenvalue weighted by molar-refractivity contribution is 5.79. The van der Waals surface area contributed by atoms with Crippen LogP contribution in [0, 0.1) is 12.8 Å². The number of anilines is 1. The van der Waals surface area contributed by atoms with Gasteiger partial charge in [0.25, 0.3) is 0 Å². The minimum absolute atomic E-state index is 0.00185. The van der Waals surface area contributed by atoms with Crippen LogP contribution in [-0.4, -0.2) is 29.0 Å². The largest absolute Gasteiger partial charge is 0.352 e. The van der Waals surface area contributed by atoms with E-state index in [0.717, 1.165) is 24.9 Å². The van der Waals surface area contributed by atoms with Crippen LogP contribution in [0.15, 0.2) is 42.7 Å². The molecule has 1 aromatic heterocycles. The Kier molecular flexibility index (Phi) is 4.86. The molecule has 120 valence electrons. The number of benzene rings is 1. The second kappa shape index (κ2) is 7.22. The third kappa shape index (κ3) is 4.06. The maximum absolute atomic E-state index is 12.4. The molecule has 0 aliphatic carbocycles. The van der Waals surface area contributed by atoms with Gasteiger partial charge in [0.2, 0.25) is 11.9 Å². The van der Waals surface area contributed by atoms with Crippen molar-refractivity contribution < 1.29 is 4.79 Å². The molecule has 1 fully saturated rings. The van der Waals surface area contributed by atoms with E-state index in [2.05, 4.69) is 51.4 Å². The van der Waals surface area contributed by atoms with Gasteiger partial charge in [-0.2, -0.15) is 0 Å². The molecule has 5 nitrogen and oxygen atoms in total. The standard InChI is InChI=1S/C18H22N4O/c1-14-5-7-15(8-6-14)12-21-17(23)16-4-2-11-22(13-16)18-19-9-3-10-20-18/h3,5-10,16H,2,4,11-13H2,1H3,(H,21,23). The number of hydrogen-bond acceptors (Lipinski definition) is 4. The Hall–Kier alpha value is -2.43. The lowest BCUT2D eigenvalue weighted by atomic mass is 9.97. The molecule has 0 bridgehead atoms. The lowest BCUT2D eigenvalue weighted by Crippen LogP contribution is -2.43. The van der Waals surface area contributed by atoms with Crippen LogP contribution >= 0.6 is 0 Å². The number of nitrogens with one attached hydrogen (secondary N) is 1. The lowest BCUT2D eigenvalue weighted by molar-refractivity contribution is -0.125. The molecule has 0 saturated carbocycles. The van der Waals surface area contributed by atoms with Crippen molar-refractivity contribution in [2.45, 2.75) is 26.3 Å². The van der Waals surface area contributed by atoms with Gasteiger partial charge in [0.05, 0.1) is 5.92 Å². The van der Waals surface area contributed by atoms with Gasteiger partial charge in [-0.05, 0) is 31.4 Å². The zero-order valence-electron chi connectivity index (χ0n) is 13.4. The second-order valence-electron chi connectivity index (χ2n) is 6.04. The van der Waals surface area contributed by atoms with E-state index in [1.165, 1.54) is 5.56 Å². The predicted molar refractivity (Wildman–Crippen MR) is 90.0 cm³/mol. The highest BCUT2D eigenvalue weighted by Crippen LogP contribution is 2.20. The van der Waals surface area contributed by atoms with E-state index >= 15 is 0 Å². The third-order valence-corrected chi connectivity index (χ3v) is 4.21. The van der Waals surface area contributed by atoms with Crippen LogP contribution in [0.25, 0.3) is 0 Å². The summed E-state index contributed by atoms with van der Waals surface area (Å²) in [5, 5.41) is 3.05. The van der Waals surface area contributed by atoms with E-state index in [-0.39, 0.29) is 11.8 Å². The molecule has 0 radical (unpaired) electrons. The Balaban J connectivity index is 1.55. The molecule has 0 spiro atoms. The van der Waals surface area contributed by atoms with Gasteiger partial charge in [-0.15, -0.1) is 0 Å². The van der Waals surface area contributed by atoms with Crippen molar-refractivity contribution in [3.05, 3.63) is 53.9 Å². The van der Waals surface area contributed by atoms with Gasteiger partial charge in [-0.25, -0.2) is 9.97 Å². The van der Waals surface area contributed by atoms with Gasteiger partial charge < -0.3 is 10.2 Å². The predicted octanol–water partition coefficient (Wildman–Crippen LogP) is 2.32. The number of aryl methyl sites for hydroxylation is 1. The summed E-state index contributed by atoms with van der Waals surface area (Å²) < 4.78 is 0. The maximum Gasteiger partial charge on any atom is 0.225 e. The highest BCUT2D eigenvalue weighted by Gasteiger charge is 2.26. The van der Waals surface area contributed by atoms with Crippen molar-refractivity contribution in [1.29, 1.82) is 0 Å². The van der Waals surface area contributed by atoms with E-state index in [9.17, 15) is 4.79 Å². The number of hydrogen-bond donors (Lipinski definition) is 1. The van der Waals surface area contributed by atoms with Gasteiger partial charge in [-0.1, -0.05) is 29.8 Å². The number of piperidine rings is 1. The third-order valence-electron chi connectivity index (χ3n) is 4.21. The fourth-order valence-corrected chi connectivity index (χ4v) is 2.87. The van der Waals surface area contributed by atoms with Crippen molar-refractivity contribution >= 4 is 11.9 Å². The molecule has 2 heterocycles. The van der Waals surface area contributed by atoms with Crippen LogP contribution in [0.5, 0.6) is 0 Å². The molecule has 1 saturated heterocycles. The molecule has 2 aromatic rings. The first-order valence-electron chi connectivity index (χ1n) is 8.07. The van der Waals surface area contributed by atoms with Crippen LogP contribution in [0.4, 0.5) is 5.95 Å². The molecular formula is C18H22N4O. The number of amides is 1. The summed E-state index contributed by atoms with van der Waals surface area (Å²) in [6.45, 7) is 4.23. The molecule has 5 heteroatoms. The summed E-state index contributed by atoms with van der Waals surface area (Å²) >= 11 is 0. The molecule has 1 atom stereocenters. The van der Waals surface area contributed by atoms with Crippen molar-refractivity contribution in [2.75, 3.05) is 18.0 Å². The maximum atomic E-state index is 12.4. The summed E-state index contributed by atoms with van der Waals surface area (Å²) in [6, 6.07) is 10.0. The molecule has 1 aromatic carbocycles. The van der Waals surface area contributed by atoms with Gasteiger partial charge in [0.15, 0.2) is 0 Å². The van der Waals surface area contributed by atoms with Crippen LogP contribution < -0.4 is 10.2 Å². The number of rotatable bonds is 4.